The van der Waals surface area contributed by atoms with E-state index in [2.05, 4.69) is 5.32 Å². The maximum absolute atomic E-state index is 12.5. The van der Waals surface area contributed by atoms with Crippen LogP contribution < -0.4 is 10.2 Å². The third-order valence-corrected chi connectivity index (χ3v) is 3.92. The molecule has 0 spiro atoms. The molecule has 3 amide bonds. The molecule has 27 heavy (non-hydrogen) atoms. The first-order valence-corrected chi connectivity index (χ1v) is 8.43. The molecule has 138 valence electrons. The highest BCUT2D eigenvalue weighted by molar-refractivity contribution is 6.34. The highest BCUT2D eigenvalue weighted by Crippen LogP contribution is 2.28. The fraction of sp³-hybridized carbons (Fsp3) is 0.200. The van der Waals surface area contributed by atoms with Gasteiger partial charge in [-0.1, -0.05) is 18.2 Å². The van der Waals surface area contributed by atoms with Crippen molar-refractivity contribution in [2.75, 3.05) is 11.5 Å². The number of ether oxygens (including phenoxy) is 1. The molecule has 2 aromatic rings. The Hall–Kier alpha value is -3.48. The molecule has 0 aliphatic carbocycles. The molecule has 0 aromatic heterocycles. The van der Waals surface area contributed by atoms with Gasteiger partial charge in [-0.05, 0) is 44.2 Å². The SMILES string of the molecule is CC(C)NC(=O)COC(=O)c1cccc(N2C(=O)c3ccccc3C2=O)c1. The first-order valence-electron chi connectivity index (χ1n) is 8.43. The third kappa shape index (κ3) is 3.72. The average molecular weight is 366 g/mol. The van der Waals surface area contributed by atoms with Crippen LogP contribution in [0.1, 0.15) is 44.9 Å². The van der Waals surface area contributed by atoms with E-state index in [-0.39, 0.29) is 17.3 Å². The Balaban J connectivity index is 1.77. The summed E-state index contributed by atoms with van der Waals surface area (Å²) in [5.74, 6) is -2.02. The van der Waals surface area contributed by atoms with Gasteiger partial charge in [-0.25, -0.2) is 9.69 Å². The molecule has 0 saturated heterocycles. The normalized spacial score (nSPS) is 12.9. The molecule has 3 rings (SSSR count). The number of hydrogen-bond acceptors (Lipinski definition) is 5. The van der Waals surface area contributed by atoms with Crippen LogP contribution in [0.2, 0.25) is 0 Å². The number of nitrogens with one attached hydrogen (secondary N) is 1. The van der Waals surface area contributed by atoms with Gasteiger partial charge in [-0.3, -0.25) is 14.4 Å². The van der Waals surface area contributed by atoms with Crippen LogP contribution in [0.3, 0.4) is 0 Å². The van der Waals surface area contributed by atoms with Crippen LogP contribution in [0, 0.1) is 0 Å². The second-order valence-electron chi connectivity index (χ2n) is 6.34. The Morgan fingerprint density at radius 1 is 1.00 bits per heavy atom. The van der Waals surface area contributed by atoms with Crippen molar-refractivity contribution in [3.8, 4) is 0 Å². The molecule has 2 aromatic carbocycles. The Morgan fingerprint density at radius 3 is 2.22 bits per heavy atom. The predicted octanol–water partition coefficient (Wildman–Crippen LogP) is 2.17. The molecule has 1 aliphatic heterocycles. The lowest BCUT2D eigenvalue weighted by Crippen LogP contribution is -2.34. The summed E-state index contributed by atoms with van der Waals surface area (Å²) in [5, 5.41) is 2.61. The minimum atomic E-state index is -0.715. The minimum absolute atomic E-state index is 0.0617. The zero-order valence-corrected chi connectivity index (χ0v) is 14.9. The van der Waals surface area contributed by atoms with Crippen LogP contribution in [0.25, 0.3) is 0 Å². The molecule has 0 saturated carbocycles. The summed E-state index contributed by atoms with van der Waals surface area (Å²) in [4.78, 5) is 49.9. The van der Waals surface area contributed by atoms with E-state index in [4.69, 9.17) is 4.74 Å². The molecule has 1 N–H and O–H groups in total. The largest absolute Gasteiger partial charge is 0.452 e. The third-order valence-electron chi connectivity index (χ3n) is 3.92. The Kier molecular flexibility index (Phi) is 5.03. The van der Waals surface area contributed by atoms with Gasteiger partial charge in [-0.15, -0.1) is 0 Å². The van der Waals surface area contributed by atoms with E-state index in [0.717, 1.165) is 4.90 Å². The van der Waals surface area contributed by atoms with Gasteiger partial charge in [0.15, 0.2) is 6.61 Å². The molecule has 7 heteroatoms. The lowest BCUT2D eigenvalue weighted by molar-refractivity contribution is -0.124. The number of benzene rings is 2. The quantitative estimate of drug-likeness (QED) is 0.647. The summed E-state index contributed by atoms with van der Waals surface area (Å²) in [6.45, 7) is 3.19. The topological polar surface area (TPSA) is 92.8 Å². The van der Waals surface area contributed by atoms with Gasteiger partial charge in [-0.2, -0.15) is 0 Å². The van der Waals surface area contributed by atoms with Crippen molar-refractivity contribution in [2.24, 2.45) is 0 Å². The maximum Gasteiger partial charge on any atom is 0.338 e. The minimum Gasteiger partial charge on any atom is -0.452 e. The number of esters is 1. The first kappa shape index (κ1) is 18.3. The van der Waals surface area contributed by atoms with Crippen molar-refractivity contribution in [3.05, 3.63) is 65.2 Å². The summed E-state index contributed by atoms with van der Waals surface area (Å²) in [7, 11) is 0. The molecule has 1 heterocycles. The van der Waals surface area contributed by atoms with E-state index in [9.17, 15) is 19.2 Å². The van der Waals surface area contributed by atoms with Crippen LogP contribution in [0.5, 0.6) is 0 Å². The molecule has 1 aliphatic rings. The number of hydrogen-bond donors (Lipinski definition) is 1. The molecule has 0 unspecified atom stereocenters. The number of amides is 3. The Labute approximate surface area is 155 Å². The van der Waals surface area contributed by atoms with Crippen molar-refractivity contribution in [3.63, 3.8) is 0 Å². The second kappa shape index (κ2) is 7.41. The standard InChI is InChI=1S/C20H18N2O5/c1-12(2)21-17(23)11-27-20(26)13-6-5-7-14(10-13)22-18(24)15-8-3-4-9-16(15)19(22)25/h3-10,12H,11H2,1-2H3,(H,21,23). The fourth-order valence-corrected chi connectivity index (χ4v) is 2.77. The van der Waals surface area contributed by atoms with Crippen LogP contribution in [0.4, 0.5) is 5.69 Å². The van der Waals surface area contributed by atoms with Crippen molar-refractivity contribution < 1.29 is 23.9 Å². The Bertz CT molecular complexity index is 900. The van der Waals surface area contributed by atoms with Gasteiger partial charge in [0.2, 0.25) is 0 Å². The van der Waals surface area contributed by atoms with Crippen LogP contribution in [-0.4, -0.2) is 36.3 Å². The summed E-state index contributed by atoms with van der Waals surface area (Å²) in [6, 6.07) is 12.5. The number of fused-ring (bicyclic) bond motifs is 1. The van der Waals surface area contributed by atoms with Crippen LogP contribution in [0.15, 0.2) is 48.5 Å². The number of anilines is 1. The summed E-state index contributed by atoms with van der Waals surface area (Å²) in [6.07, 6.45) is 0. The van der Waals surface area contributed by atoms with E-state index in [0.29, 0.717) is 11.1 Å². The van der Waals surface area contributed by atoms with E-state index >= 15 is 0 Å². The fourth-order valence-electron chi connectivity index (χ4n) is 2.77. The van der Waals surface area contributed by atoms with Crippen LogP contribution >= 0.6 is 0 Å². The summed E-state index contributed by atoms with van der Waals surface area (Å²) >= 11 is 0. The zero-order valence-electron chi connectivity index (χ0n) is 14.9. The van der Waals surface area contributed by atoms with Crippen molar-refractivity contribution in [2.45, 2.75) is 19.9 Å². The van der Waals surface area contributed by atoms with Gasteiger partial charge in [0.05, 0.1) is 22.4 Å². The predicted molar refractivity (Wildman–Crippen MR) is 97.6 cm³/mol. The number of carbonyl (C=O) groups is 4. The first-order chi connectivity index (χ1) is 12.9. The van der Waals surface area contributed by atoms with E-state index in [1.54, 1.807) is 50.2 Å². The zero-order chi connectivity index (χ0) is 19.6. The number of rotatable bonds is 5. The smallest absolute Gasteiger partial charge is 0.338 e. The van der Waals surface area contributed by atoms with Gasteiger partial charge in [0.25, 0.3) is 17.7 Å². The number of nitrogens with zero attached hydrogens (tertiary/aromatic N) is 1. The van der Waals surface area contributed by atoms with Gasteiger partial charge < -0.3 is 10.1 Å². The molecule has 0 radical (unpaired) electrons. The van der Waals surface area contributed by atoms with Crippen molar-refractivity contribution in [1.82, 2.24) is 5.32 Å². The van der Waals surface area contributed by atoms with Gasteiger partial charge in [0.1, 0.15) is 0 Å². The molecule has 0 fully saturated rings. The van der Waals surface area contributed by atoms with E-state index < -0.39 is 30.3 Å². The molecule has 0 bridgehead atoms. The monoisotopic (exact) mass is 366 g/mol. The number of carbonyl (C=O) groups excluding carboxylic acids is 4. The Morgan fingerprint density at radius 2 is 1.63 bits per heavy atom. The maximum atomic E-state index is 12.5. The molecule has 7 nitrogen and oxygen atoms in total. The van der Waals surface area contributed by atoms with E-state index in [1.165, 1.54) is 12.1 Å². The summed E-state index contributed by atoms with van der Waals surface area (Å²) < 4.78 is 4.98. The molecular formula is C20H18N2O5. The highest BCUT2D eigenvalue weighted by atomic mass is 16.5. The second-order valence-corrected chi connectivity index (χ2v) is 6.34. The lowest BCUT2D eigenvalue weighted by atomic mass is 10.1. The van der Waals surface area contributed by atoms with Crippen LogP contribution in [-0.2, 0) is 9.53 Å². The highest BCUT2D eigenvalue weighted by Gasteiger charge is 2.36. The van der Waals surface area contributed by atoms with E-state index in [1.807, 2.05) is 0 Å². The average Bonchev–Trinajstić information content (AvgIpc) is 2.90. The van der Waals surface area contributed by atoms with Gasteiger partial charge >= 0.3 is 5.97 Å². The van der Waals surface area contributed by atoms with Crippen molar-refractivity contribution in [1.29, 1.82) is 0 Å². The summed E-state index contributed by atoms with van der Waals surface area (Å²) in [5.41, 5.74) is 1.05. The lowest BCUT2D eigenvalue weighted by Gasteiger charge is -2.15. The number of imide groups is 1. The van der Waals surface area contributed by atoms with Crippen molar-refractivity contribution >= 4 is 29.4 Å². The van der Waals surface area contributed by atoms with Gasteiger partial charge in [0, 0.05) is 6.04 Å². The molecule has 0 atom stereocenters. The molecular weight excluding hydrogens is 348 g/mol.